The molecule has 7 heterocycles. The maximum absolute atomic E-state index is 15.3. The van der Waals surface area contributed by atoms with E-state index in [1.54, 1.807) is 11.9 Å². The van der Waals surface area contributed by atoms with Crippen LogP contribution in [-0.4, -0.2) is 107 Å². The highest BCUT2D eigenvalue weighted by Crippen LogP contribution is 2.38. The minimum Gasteiger partial charge on any atom is -0.477 e. The van der Waals surface area contributed by atoms with Gasteiger partial charge in [0.1, 0.15) is 17.3 Å². The van der Waals surface area contributed by atoms with E-state index in [1.165, 1.54) is 29.1 Å². The predicted octanol–water partition coefficient (Wildman–Crippen LogP) is 5.71. The summed E-state index contributed by atoms with van der Waals surface area (Å²) in [4.78, 5) is 67.3. The molecule has 3 saturated heterocycles. The Labute approximate surface area is 370 Å². The molecule has 65 heavy (non-hydrogen) atoms. The van der Waals surface area contributed by atoms with Crippen LogP contribution < -0.4 is 25.2 Å². The van der Waals surface area contributed by atoms with Crippen LogP contribution in [0.2, 0.25) is 0 Å². The molecule has 15 nitrogen and oxygen atoms in total. The summed E-state index contributed by atoms with van der Waals surface area (Å²) in [5.74, 6) is -4.73. The topological polar surface area (TPSA) is 158 Å². The number of piperazine rings is 1. The minimum absolute atomic E-state index is 0.00266. The average Bonchev–Trinajstić information content (AvgIpc) is 3.99. The van der Waals surface area contributed by atoms with Crippen molar-refractivity contribution in [1.82, 2.24) is 29.9 Å². The normalized spacial score (nSPS) is 22.8. The summed E-state index contributed by atoms with van der Waals surface area (Å²) in [6, 6.07) is 10.2. The molecule has 0 saturated carbocycles. The molecule has 4 amide bonds. The first-order valence-corrected chi connectivity index (χ1v) is 21.7. The van der Waals surface area contributed by atoms with E-state index in [4.69, 9.17) is 4.74 Å². The zero-order valence-corrected chi connectivity index (χ0v) is 35.8. The number of nitrogens with zero attached hydrogens (tertiary/aromatic N) is 8. The Kier molecular flexibility index (Phi) is 11.8. The number of pyridine rings is 1. The van der Waals surface area contributed by atoms with Crippen molar-refractivity contribution in [3.63, 3.8) is 0 Å². The number of carbonyl (C=O) groups is 4. The summed E-state index contributed by atoms with van der Waals surface area (Å²) < 4.78 is 80.4. The largest absolute Gasteiger partial charge is 0.477 e. The second-order valence-electron chi connectivity index (χ2n) is 17.4. The number of benzene rings is 2. The van der Waals surface area contributed by atoms with Gasteiger partial charge in [-0.25, -0.2) is 18.4 Å². The van der Waals surface area contributed by atoms with E-state index in [2.05, 4.69) is 37.5 Å². The van der Waals surface area contributed by atoms with Crippen LogP contribution in [0.25, 0.3) is 11.3 Å². The average molecular weight is 903 g/mol. The Hall–Kier alpha value is -6.44. The molecule has 5 aliphatic rings. The molecular weight excluding hydrogens is 856 g/mol. The summed E-state index contributed by atoms with van der Waals surface area (Å²) in [7, 11) is 1.62. The number of guanidine groups is 1. The number of fused-ring (bicyclic) bond motifs is 7. The Morgan fingerprint density at radius 2 is 1.69 bits per heavy atom. The number of carbonyl (C=O) groups excluding carboxylic acids is 4. The first-order chi connectivity index (χ1) is 31.1. The second-order valence-corrected chi connectivity index (χ2v) is 17.4. The van der Waals surface area contributed by atoms with E-state index in [9.17, 15) is 32.3 Å². The number of amides is 4. The van der Waals surface area contributed by atoms with Crippen LogP contribution in [0, 0.1) is 23.5 Å². The van der Waals surface area contributed by atoms with Crippen LogP contribution in [0.3, 0.4) is 0 Å². The quantitative estimate of drug-likeness (QED) is 0.187. The van der Waals surface area contributed by atoms with Gasteiger partial charge in [0.15, 0.2) is 0 Å². The number of anilines is 3. The zero-order chi connectivity index (χ0) is 45.7. The Morgan fingerprint density at radius 1 is 0.923 bits per heavy atom. The predicted molar refractivity (Wildman–Crippen MR) is 228 cm³/mol. The third-order valence-corrected chi connectivity index (χ3v) is 12.8. The van der Waals surface area contributed by atoms with Crippen molar-refractivity contribution in [3.8, 4) is 17.1 Å². The van der Waals surface area contributed by atoms with Crippen molar-refractivity contribution in [2.45, 2.75) is 57.7 Å². The lowest BCUT2D eigenvalue weighted by Gasteiger charge is -2.36. The molecule has 3 fully saturated rings. The number of piperidine rings is 1. The molecule has 2 aromatic carbocycles. The van der Waals surface area contributed by atoms with E-state index < -0.39 is 47.1 Å². The number of ether oxygens (including phenoxy) is 1. The number of hydrogen-bond donors (Lipinski definition) is 2. The van der Waals surface area contributed by atoms with Crippen LogP contribution in [0.1, 0.15) is 72.1 Å². The number of rotatable bonds is 5. The fourth-order valence-corrected chi connectivity index (χ4v) is 9.35. The first-order valence-electron chi connectivity index (χ1n) is 21.7. The molecule has 3 atom stereocenters. The Bertz CT molecular complexity index is 2570. The number of aliphatic imine (C=N–C) groups is 1. The maximum Gasteiger partial charge on any atom is 0.433 e. The van der Waals surface area contributed by atoms with Gasteiger partial charge < -0.3 is 24.8 Å². The third kappa shape index (κ3) is 8.99. The smallest absolute Gasteiger partial charge is 0.433 e. The van der Waals surface area contributed by atoms with Gasteiger partial charge in [-0.2, -0.15) is 23.3 Å². The molecule has 5 aliphatic heterocycles. The van der Waals surface area contributed by atoms with Crippen LogP contribution in [-0.2, 0) is 34.2 Å². The Balaban J connectivity index is 0.858. The number of imide groups is 1. The summed E-state index contributed by atoms with van der Waals surface area (Å²) in [6.07, 6.45) is -1.56. The van der Waals surface area contributed by atoms with Gasteiger partial charge in [0.05, 0.1) is 47.3 Å². The number of halogens is 5. The monoisotopic (exact) mass is 902 g/mol. The highest BCUT2D eigenvalue weighted by Gasteiger charge is 2.38. The summed E-state index contributed by atoms with van der Waals surface area (Å²) in [5.41, 5.74) is 0.957. The van der Waals surface area contributed by atoms with Crippen molar-refractivity contribution >= 4 is 46.7 Å². The number of hydrogen-bond acceptors (Lipinski definition) is 11. The molecule has 0 unspecified atom stereocenters. The molecule has 342 valence electrons. The fraction of sp³-hybridized carbons (Fsp3) is 0.444. The van der Waals surface area contributed by atoms with Gasteiger partial charge in [0.2, 0.25) is 29.6 Å². The van der Waals surface area contributed by atoms with Gasteiger partial charge in [0.25, 0.3) is 5.91 Å². The van der Waals surface area contributed by atoms with Gasteiger partial charge in [0, 0.05) is 82.6 Å². The van der Waals surface area contributed by atoms with Crippen molar-refractivity contribution in [1.29, 1.82) is 0 Å². The maximum atomic E-state index is 15.3. The minimum atomic E-state index is -4.84. The molecular formula is C45H47F5N10O5. The molecule has 20 heteroatoms. The van der Waals surface area contributed by atoms with Crippen LogP contribution in [0.4, 0.5) is 39.0 Å². The lowest BCUT2D eigenvalue weighted by atomic mass is 9.89. The highest BCUT2D eigenvalue weighted by atomic mass is 19.4. The second kappa shape index (κ2) is 17.5. The van der Waals surface area contributed by atoms with Crippen LogP contribution in [0.5, 0.6) is 5.88 Å². The van der Waals surface area contributed by atoms with E-state index >= 15 is 8.78 Å². The van der Waals surface area contributed by atoms with Crippen molar-refractivity contribution in [3.05, 3.63) is 82.7 Å². The van der Waals surface area contributed by atoms with Gasteiger partial charge in [-0.05, 0) is 73.6 Å². The van der Waals surface area contributed by atoms with Crippen LogP contribution in [0.15, 0.2) is 53.7 Å². The fourth-order valence-electron chi connectivity index (χ4n) is 9.35. The first kappa shape index (κ1) is 43.8. The van der Waals surface area contributed by atoms with E-state index in [1.807, 2.05) is 28.0 Å². The molecule has 0 radical (unpaired) electrons. The third-order valence-electron chi connectivity index (χ3n) is 12.8. The molecule has 4 aromatic rings. The van der Waals surface area contributed by atoms with E-state index in [0.717, 1.165) is 17.7 Å². The van der Waals surface area contributed by atoms with Crippen molar-refractivity contribution in [2.75, 3.05) is 67.5 Å². The van der Waals surface area contributed by atoms with Gasteiger partial charge in [-0.3, -0.25) is 29.4 Å². The highest BCUT2D eigenvalue weighted by molar-refractivity contribution is 6.19. The molecule has 0 aliphatic carbocycles. The number of aromatic nitrogens is 3. The van der Waals surface area contributed by atoms with Gasteiger partial charge >= 0.3 is 6.18 Å². The molecule has 2 aromatic heterocycles. The lowest BCUT2D eigenvalue weighted by Crippen LogP contribution is -2.50. The van der Waals surface area contributed by atoms with Crippen LogP contribution >= 0.6 is 0 Å². The summed E-state index contributed by atoms with van der Waals surface area (Å²) in [6.45, 7) is 6.30. The summed E-state index contributed by atoms with van der Waals surface area (Å²) >= 11 is 0. The number of aryl methyl sites for hydroxylation is 1. The molecule has 0 spiro atoms. The summed E-state index contributed by atoms with van der Waals surface area (Å²) in [5, 5.41) is 9.54. The molecule has 9 rings (SSSR count). The van der Waals surface area contributed by atoms with E-state index in [0.29, 0.717) is 82.6 Å². The van der Waals surface area contributed by atoms with Crippen molar-refractivity contribution in [2.24, 2.45) is 23.9 Å². The molecule has 2 N–H and O–H groups in total. The van der Waals surface area contributed by atoms with Crippen molar-refractivity contribution < 1.29 is 45.9 Å². The number of nitrogens with one attached hydrogen (secondary N) is 2. The lowest BCUT2D eigenvalue weighted by molar-refractivity contribution is -0.141. The number of alkyl halides is 3. The Morgan fingerprint density at radius 3 is 2.43 bits per heavy atom. The SMILES string of the molecule is C[C@@H]1CCCOc2c(cnn2C)-c2cc(cc(C(F)(F)F)n2)C(=O)/N=C2\Nc3ccc(CN4CCN(C(=O)[C@@H]5CCN(c6cc(F)c([C@H]7CCC(=O)NC7=O)c(F)c6)C5)CC4)cc3N2C1. The molecule has 2 bridgehead atoms. The van der Waals surface area contributed by atoms with E-state index in [-0.39, 0.29) is 71.4 Å². The van der Waals surface area contributed by atoms with Gasteiger partial charge in [-0.1, -0.05) is 13.0 Å². The zero-order valence-electron chi connectivity index (χ0n) is 35.8. The van der Waals surface area contributed by atoms with Gasteiger partial charge in [-0.15, -0.1) is 0 Å². The standard InChI is InChI=1S/C45H47F5N10O5/c1-25-4-3-15-65-43-31(21-51-56(43)2)35-17-28(18-37(52-35)45(48,49)50)40(62)55-44-53-34-7-5-26(16-36(34)60(44)22-25)23-57-11-13-58(14-12-57)42(64)27-9-10-59(24-27)29-19-32(46)39(33(47)20-29)30-6-8-38(61)54-41(30)63/h5,7,16-21,25,27,30H,3-4,6,8-15,22-24H2,1-2H3,(H,53,55,62)(H,54,61,63)/t25-,27-,30-/m1/s1.